The minimum Gasteiger partial charge on any atom is -0.462 e. The molecule has 0 saturated carbocycles. The molecule has 0 aromatic heterocycles. The number of hydrogen-bond donors (Lipinski definition) is 1. The smallest absolute Gasteiger partial charge is 0.306 e. The predicted octanol–water partition coefficient (Wildman–Crippen LogP) is 21.0. The highest BCUT2D eigenvalue weighted by atomic mass is 16.6. The van der Waals surface area contributed by atoms with E-state index in [2.05, 4.69) is 160 Å². The number of esters is 2. The molecule has 0 saturated heterocycles. The quantitative estimate of drug-likeness (QED) is 0.0373. The molecule has 74 heavy (non-hydrogen) atoms. The van der Waals surface area contributed by atoms with Crippen molar-refractivity contribution in [2.24, 2.45) is 0 Å². The summed E-state index contributed by atoms with van der Waals surface area (Å²) in [5.41, 5.74) is 0. The van der Waals surface area contributed by atoms with Gasteiger partial charge >= 0.3 is 11.9 Å². The summed E-state index contributed by atoms with van der Waals surface area (Å²) in [6, 6.07) is 0. The Morgan fingerprint density at radius 3 is 0.878 bits per heavy atom. The zero-order valence-electron chi connectivity index (χ0n) is 47.8. The fraction of sp³-hybridized carbons (Fsp3) is 0.623. The highest BCUT2D eigenvalue weighted by Crippen LogP contribution is 2.14. The third-order valence-electron chi connectivity index (χ3n) is 12.6. The van der Waals surface area contributed by atoms with Gasteiger partial charge in [-0.3, -0.25) is 9.59 Å². The molecule has 5 nitrogen and oxygen atoms in total. The first-order chi connectivity index (χ1) is 36.6. The van der Waals surface area contributed by atoms with Crippen LogP contribution in [0.5, 0.6) is 0 Å². The maximum Gasteiger partial charge on any atom is 0.306 e. The number of allylic oxidation sites excluding steroid dienone is 24. The van der Waals surface area contributed by atoms with Crippen molar-refractivity contribution >= 4 is 11.9 Å². The SMILES string of the molecule is CC/C=C\C/C=C\C/C=C\C/C=C\C/C=C\C/C=C\C/C=C\C/C=C\C/C=C\C/C=C\CCCCCCCCCCC(=O)OC(CO)COC(=O)CCCCCCCCCCC/C=C\C/C=C\CCCCCCC. The van der Waals surface area contributed by atoms with Gasteiger partial charge in [0.25, 0.3) is 0 Å². The molecule has 0 spiro atoms. The van der Waals surface area contributed by atoms with E-state index >= 15 is 0 Å². The Morgan fingerprint density at radius 1 is 0.324 bits per heavy atom. The van der Waals surface area contributed by atoms with Gasteiger partial charge in [-0.1, -0.05) is 269 Å². The van der Waals surface area contributed by atoms with Gasteiger partial charge < -0.3 is 14.6 Å². The first kappa shape index (κ1) is 69.8. The van der Waals surface area contributed by atoms with Crippen molar-refractivity contribution in [3.8, 4) is 0 Å². The van der Waals surface area contributed by atoms with Crippen LogP contribution in [0.2, 0.25) is 0 Å². The summed E-state index contributed by atoms with van der Waals surface area (Å²) < 4.78 is 10.7. The molecular formula is C69H112O5. The standard InChI is InChI=1S/C69H112O5/c1-3-5-7-9-11-13-15-17-19-21-23-25-26-27-28-29-30-31-32-33-34-35-36-37-38-39-40-41-42-44-46-48-50-52-54-56-58-60-62-64-69(72)74-67(65-70)66-73-68(71)63-61-59-57-55-53-51-49-47-45-43-24-22-20-18-16-14-12-10-8-6-4-2/h5,7,11,13,16-19,22-25,27-28,30-31,33-34,36-37,39-40,42,44,67,70H,3-4,6,8-10,12,14-15,20-21,26,29,32,35,38,41,43,45-66H2,1-2H3/b7-5-,13-11-,18-16-,19-17-,24-22-,25-23-,28-27-,31-30-,34-33-,37-36-,40-39-,44-42-. The Balaban J connectivity index is 3.60. The van der Waals surface area contributed by atoms with Crippen LogP contribution in [0.25, 0.3) is 0 Å². The van der Waals surface area contributed by atoms with Crippen LogP contribution in [0.15, 0.2) is 146 Å². The molecule has 0 bridgehead atoms. The predicted molar refractivity (Wildman–Crippen MR) is 324 cm³/mol. The molecule has 418 valence electrons. The second-order valence-corrected chi connectivity index (χ2v) is 19.7. The Bertz CT molecular complexity index is 1580. The number of aliphatic hydroxyl groups is 1. The van der Waals surface area contributed by atoms with Crippen LogP contribution in [0.1, 0.15) is 258 Å². The number of aliphatic hydroxyl groups excluding tert-OH is 1. The summed E-state index contributed by atoms with van der Waals surface area (Å²) in [4.78, 5) is 24.5. The number of carbonyl (C=O) groups excluding carboxylic acids is 2. The summed E-state index contributed by atoms with van der Waals surface area (Å²) >= 11 is 0. The second kappa shape index (κ2) is 63.1. The third kappa shape index (κ3) is 60.3. The Labute approximate surface area is 457 Å². The number of rotatable bonds is 54. The highest BCUT2D eigenvalue weighted by Gasteiger charge is 2.16. The summed E-state index contributed by atoms with van der Waals surface area (Å²) in [5, 5.41) is 9.66. The molecule has 0 fully saturated rings. The maximum atomic E-state index is 12.3. The second-order valence-electron chi connectivity index (χ2n) is 19.7. The van der Waals surface area contributed by atoms with Crippen LogP contribution in [0, 0.1) is 0 Å². The molecule has 5 heteroatoms. The molecule has 0 aromatic rings. The van der Waals surface area contributed by atoms with E-state index in [0.29, 0.717) is 12.8 Å². The van der Waals surface area contributed by atoms with Crippen LogP contribution in [0.3, 0.4) is 0 Å². The van der Waals surface area contributed by atoms with Crippen LogP contribution in [-0.2, 0) is 19.1 Å². The van der Waals surface area contributed by atoms with E-state index in [1.54, 1.807) is 0 Å². The number of carbonyl (C=O) groups is 2. The number of unbranched alkanes of at least 4 members (excludes halogenated alkanes) is 22. The van der Waals surface area contributed by atoms with Gasteiger partial charge in [-0.2, -0.15) is 0 Å². The number of hydrogen-bond acceptors (Lipinski definition) is 5. The molecule has 1 unspecified atom stereocenters. The Morgan fingerprint density at radius 2 is 0.581 bits per heavy atom. The molecule has 0 aliphatic heterocycles. The largest absolute Gasteiger partial charge is 0.462 e. The van der Waals surface area contributed by atoms with E-state index in [0.717, 1.165) is 116 Å². The molecule has 0 radical (unpaired) electrons. The van der Waals surface area contributed by atoms with Gasteiger partial charge in [0.05, 0.1) is 6.61 Å². The summed E-state index contributed by atoms with van der Waals surface area (Å²) in [6.45, 7) is 4.01. The van der Waals surface area contributed by atoms with Crippen LogP contribution >= 0.6 is 0 Å². The normalized spacial score (nSPS) is 13.3. The van der Waals surface area contributed by atoms with Gasteiger partial charge in [0.1, 0.15) is 6.61 Å². The topological polar surface area (TPSA) is 72.8 Å². The van der Waals surface area contributed by atoms with Crippen molar-refractivity contribution in [1.82, 2.24) is 0 Å². The molecule has 0 amide bonds. The lowest BCUT2D eigenvalue weighted by Gasteiger charge is -2.15. The first-order valence-corrected chi connectivity index (χ1v) is 30.4. The fourth-order valence-electron chi connectivity index (χ4n) is 8.08. The van der Waals surface area contributed by atoms with Gasteiger partial charge in [-0.25, -0.2) is 0 Å². The zero-order valence-corrected chi connectivity index (χ0v) is 47.8. The minimum atomic E-state index is -0.789. The van der Waals surface area contributed by atoms with Crippen molar-refractivity contribution < 1.29 is 24.2 Å². The van der Waals surface area contributed by atoms with E-state index in [9.17, 15) is 14.7 Å². The number of ether oxygens (including phenoxy) is 2. The van der Waals surface area contributed by atoms with E-state index in [-0.39, 0.29) is 25.2 Å². The molecule has 0 heterocycles. The summed E-state index contributed by atoms with van der Waals surface area (Å²) in [5.74, 6) is -0.610. The average molecular weight is 1020 g/mol. The summed E-state index contributed by atoms with van der Waals surface area (Å²) in [6.07, 6.45) is 95.4. The molecular weight excluding hydrogens is 909 g/mol. The van der Waals surface area contributed by atoms with E-state index < -0.39 is 6.10 Å². The average Bonchev–Trinajstić information content (AvgIpc) is 3.40. The maximum absolute atomic E-state index is 12.3. The first-order valence-electron chi connectivity index (χ1n) is 30.4. The van der Waals surface area contributed by atoms with Crippen molar-refractivity contribution in [1.29, 1.82) is 0 Å². The zero-order chi connectivity index (χ0) is 53.4. The monoisotopic (exact) mass is 1020 g/mol. The van der Waals surface area contributed by atoms with Crippen LogP contribution < -0.4 is 0 Å². The van der Waals surface area contributed by atoms with Crippen LogP contribution in [-0.4, -0.2) is 36.4 Å². The van der Waals surface area contributed by atoms with Crippen LogP contribution in [0.4, 0.5) is 0 Å². The molecule has 0 aliphatic rings. The van der Waals surface area contributed by atoms with Gasteiger partial charge in [-0.05, 0) is 122 Å². The summed E-state index contributed by atoms with van der Waals surface area (Å²) in [7, 11) is 0. The third-order valence-corrected chi connectivity index (χ3v) is 12.6. The van der Waals surface area contributed by atoms with Gasteiger partial charge in [0, 0.05) is 12.8 Å². The van der Waals surface area contributed by atoms with E-state index in [1.165, 1.54) is 116 Å². The van der Waals surface area contributed by atoms with Gasteiger partial charge in [0.2, 0.25) is 0 Å². The van der Waals surface area contributed by atoms with Gasteiger partial charge in [-0.15, -0.1) is 0 Å². The molecule has 0 aliphatic carbocycles. The van der Waals surface area contributed by atoms with Gasteiger partial charge in [0.15, 0.2) is 6.10 Å². The van der Waals surface area contributed by atoms with E-state index in [4.69, 9.17) is 9.47 Å². The Hall–Kier alpha value is -4.22. The highest BCUT2D eigenvalue weighted by molar-refractivity contribution is 5.70. The van der Waals surface area contributed by atoms with E-state index in [1.807, 2.05) is 0 Å². The lowest BCUT2D eigenvalue weighted by molar-refractivity contribution is -0.161. The molecule has 1 N–H and O–H groups in total. The van der Waals surface area contributed by atoms with Crippen molar-refractivity contribution in [3.05, 3.63) is 146 Å². The molecule has 1 atom stereocenters. The molecule has 0 rings (SSSR count). The van der Waals surface area contributed by atoms with Crippen molar-refractivity contribution in [2.75, 3.05) is 13.2 Å². The Kier molecular flexibility index (Phi) is 59.5. The lowest BCUT2D eigenvalue weighted by Crippen LogP contribution is -2.28. The lowest BCUT2D eigenvalue weighted by atomic mass is 10.1. The molecule has 0 aromatic carbocycles. The van der Waals surface area contributed by atoms with Crippen molar-refractivity contribution in [3.63, 3.8) is 0 Å². The van der Waals surface area contributed by atoms with Crippen molar-refractivity contribution in [2.45, 2.75) is 264 Å². The minimum absolute atomic E-state index is 0.0788. The fourth-order valence-corrected chi connectivity index (χ4v) is 8.08.